The Bertz CT molecular complexity index is 1070. The number of thiophene rings is 1. The number of hydrogen-bond donors (Lipinski definition) is 2. The molecule has 0 aliphatic rings. The number of aromatic amines is 1. The first-order chi connectivity index (χ1) is 12.7. The molecule has 6 heteroatoms. The van der Waals surface area contributed by atoms with Crippen LogP contribution >= 0.6 is 11.3 Å². The fraction of sp³-hybridized carbons (Fsp3) is 0.100. The molecule has 3 heterocycles. The standard InChI is InChI=1S/C20H17N3O2S/c1-25-15-5-2-4-13(8-15)10-23-20(24)18-9-14(12-26-18)17-11-22-19-16(17)6-3-7-21-19/h2-9,11-12H,10H2,1H3,(H,21,22)(H,23,24). The van der Waals surface area contributed by atoms with Crippen molar-refractivity contribution >= 4 is 28.3 Å². The summed E-state index contributed by atoms with van der Waals surface area (Å²) < 4.78 is 5.21. The molecule has 4 aromatic rings. The van der Waals surface area contributed by atoms with Gasteiger partial charge in [0.05, 0.1) is 12.0 Å². The van der Waals surface area contributed by atoms with Gasteiger partial charge >= 0.3 is 0 Å². The Morgan fingerprint density at radius 1 is 1.27 bits per heavy atom. The van der Waals surface area contributed by atoms with Gasteiger partial charge in [-0.15, -0.1) is 11.3 Å². The fourth-order valence-electron chi connectivity index (χ4n) is 2.84. The van der Waals surface area contributed by atoms with Crippen LogP contribution < -0.4 is 10.1 Å². The summed E-state index contributed by atoms with van der Waals surface area (Å²) in [6.45, 7) is 0.459. The molecule has 0 spiro atoms. The third-order valence-electron chi connectivity index (χ3n) is 4.17. The summed E-state index contributed by atoms with van der Waals surface area (Å²) in [6.07, 6.45) is 3.69. The van der Waals surface area contributed by atoms with Crippen LogP contribution in [0.1, 0.15) is 15.2 Å². The lowest BCUT2D eigenvalue weighted by molar-refractivity contribution is 0.0955. The van der Waals surface area contributed by atoms with E-state index in [1.54, 1.807) is 13.3 Å². The maximum absolute atomic E-state index is 12.5. The van der Waals surface area contributed by atoms with E-state index in [2.05, 4.69) is 15.3 Å². The smallest absolute Gasteiger partial charge is 0.261 e. The average Bonchev–Trinajstić information content (AvgIpc) is 3.33. The van der Waals surface area contributed by atoms with Gasteiger partial charge in [-0.3, -0.25) is 4.79 Å². The van der Waals surface area contributed by atoms with Gasteiger partial charge in [0.25, 0.3) is 5.91 Å². The second-order valence-electron chi connectivity index (χ2n) is 5.84. The second kappa shape index (κ2) is 7.01. The van der Waals surface area contributed by atoms with E-state index in [4.69, 9.17) is 4.74 Å². The number of nitrogens with one attached hydrogen (secondary N) is 2. The Balaban J connectivity index is 1.49. The van der Waals surface area contributed by atoms with E-state index in [9.17, 15) is 4.79 Å². The topological polar surface area (TPSA) is 67.0 Å². The summed E-state index contributed by atoms with van der Waals surface area (Å²) in [6, 6.07) is 13.5. The number of carbonyl (C=O) groups excluding carboxylic acids is 1. The van der Waals surface area contributed by atoms with Gasteiger partial charge in [-0.05, 0) is 46.8 Å². The molecule has 0 unspecified atom stereocenters. The number of amides is 1. The molecule has 0 saturated carbocycles. The molecule has 130 valence electrons. The van der Waals surface area contributed by atoms with Crippen molar-refractivity contribution in [1.29, 1.82) is 0 Å². The number of carbonyl (C=O) groups is 1. The number of benzene rings is 1. The number of aromatic nitrogens is 2. The second-order valence-corrected chi connectivity index (χ2v) is 6.75. The lowest BCUT2D eigenvalue weighted by Crippen LogP contribution is -2.21. The van der Waals surface area contributed by atoms with Crippen molar-refractivity contribution in [3.63, 3.8) is 0 Å². The Morgan fingerprint density at radius 3 is 3.08 bits per heavy atom. The SMILES string of the molecule is COc1cccc(CNC(=O)c2cc(-c3c[nH]c4ncccc34)cs2)c1. The monoisotopic (exact) mass is 363 g/mol. The molecule has 3 aromatic heterocycles. The van der Waals surface area contributed by atoms with Gasteiger partial charge in [0.1, 0.15) is 11.4 Å². The van der Waals surface area contributed by atoms with Crippen molar-refractivity contribution in [2.24, 2.45) is 0 Å². The van der Waals surface area contributed by atoms with E-state index in [1.165, 1.54) is 11.3 Å². The molecule has 0 radical (unpaired) electrons. The first-order valence-corrected chi connectivity index (χ1v) is 9.04. The highest BCUT2D eigenvalue weighted by Gasteiger charge is 2.13. The van der Waals surface area contributed by atoms with Crippen molar-refractivity contribution in [3.05, 3.63) is 70.7 Å². The number of ether oxygens (including phenoxy) is 1. The van der Waals surface area contributed by atoms with E-state index >= 15 is 0 Å². The first kappa shape index (κ1) is 16.4. The predicted octanol–water partition coefficient (Wildman–Crippen LogP) is 4.23. The molecule has 0 bridgehead atoms. The number of H-pyrrole nitrogens is 1. The Morgan fingerprint density at radius 2 is 2.19 bits per heavy atom. The highest BCUT2D eigenvalue weighted by atomic mass is 32.1. The molecule has 1 aromatic carbocycles. The molecule has 2 N–H and O–H groups in total. The first-order valence-electron chi connectivity index (χ1n) is 8.17. The van der Waals surface area contributed by atoms with Crippen molar-refractivity contribution < 1.29 is 9.53 Å². The van der Waals surface area contributed by atoms with Crippen LogP contribution in [0.25, 0.3) is 22.2 Å². The third-order valence-corrected chi connectivity index (χ3v) is 5.10. The van der Waals surface area contributed by atoms with Crippen LogP contribution in [0.2, 0.25) is 0 Å². The van der Waals surface area contributed by atoms with Gasteiger partial charge in [0.2, 0.25) is 0 Å². The molecule has 0 aliphatic heterocycles. The average molecular weight is 363 g/mol. The highest BCUT2D eigenvalue weighted by molar-refractivity contribution is 7.12. The molecular weight excluding hydrogens is 346 g/mol. The maximum Gasteiger partial charge on any atom is 0.261 e. The van der Waals surface area contributed by atoms with E-state index in [1.807, 2.05) is 54.0 Å². The van der Waals surface area contributed by atoms with Crippen molar-refractivity contribution in [2.45, 2.75) is 6.54 Å². The minimum absolute atomic E-state index is 0.0814. The summed E-state index contributed by atoms with van der Waals surface area (Å²) in [5, 5.41) is 6.00. The van der Waals surface area contributed by atoms with Gasteiger partial charge in [-0.25, -0.2) is 4.98 Å². The van der Waals surface area contributed by atoms with Crippen LogP contribution in [0.5, 0.6) is 5.75 Å². The van der Waals surface area contributed by atoms with Crippen LogP contribution in [0.15, 0.2) is 60.2 Å². The number of rotatable bonds is 5. The molecule has 0 aliphatic carbocycles. The zero-order valence-electron chi connectivity index (χ0n) is 14.2. The zero-order valence-corrected chi connectivity index (χ0v) is 15.0. The molecule has 0 fully saturated rings. The summed E-state index contributed by atoms with van der Waals surface area (Å²) in [4.78, 5) is 20.6. The molecule has 1 amide bonds. The number of hydrogen-bond acceptors (Lipinski definition) is 4. The van der Waals surface area contributed by atoms with Gasteiger partial charge in [0, 0.05) is 29.9 Å². The van der Waals surface area contributed by atoms with Gasteiger partial charge in [-0.2, -0.15) is 0 Å². The number of pyridine rings is 1. The van der Waals surface area contributed by atoms with E-state index in [0.29, 0.717) is 11.4 Å². The van der Waals surface area contributed by atoms with Crippen LogP contribution in [0.3, 0.4) is 0 Å². The van der Waals surface area contributed by atoms with Crippen molar-refractivity contribution in [1.82, 2.24) is 15.3 Å². The van der Waals surface area contributed by atoms with Crippen molar-refractivity contribution in [3.8, 4) is 16.9 Å². The van der Waals surface area contributed by atoms with Crippen LogP contribution in [-0.2, 0) is 6.54 Å². The number of fused-ring (bicyclic) bond motifs is 1. The van der Waals surface area contributed by atoms with E-state index in [0.717, 1.165) is 33.5 Å². The lowest BCUT2D eigenvalue weighted by Gasteiger charge is -2.05. The minimum atomic E-state index is -0.0814. The summed E-state index contributed by atoms with van der Waals surface area (Å²) in [5.74, 6) is 0.699. The minimum Gasteiger partial charge on any atom is -0.497 e. The van der Waals surface area contributed by atoms with Crippen LogP contribution in [0, 0.1) is 0 Å². The summed E-state index contributed by atoms with van der Waals surface area (Å²) in [5.41, 5.74) is 3.91. The van der Waals surface area contributed by atoms with Crippen molar-refractivity contribution in [2.75, 3.05) is 7.11 Å². The van der Waals surface area contributed by atoms with Gasteiger partial charge in [-0.1, -0.05) is 12.1 Å². The van der Waals surface area contributed by atoms with Gasteiger partial charge < -0.3 is 15.0 Å². The highest BCUT2D eigenvalue weighted by Crippen LogP contribution is 2.31. The van der Waals surface area contributed by atoms with Crippen LogP contribution in [-0.4, -0.2) is 23.0 Å². The quantitative estimate of drug-likeness (QED) is 0.558. The predicted molar refractivity (Wildman–Crippen MR) is 104 cm³/mol. The van der Waals surface area contributed by atoms with Gasteiger partial charge in [0.15, 0.2) is 0 Å². The molecule has 26 heavy (non-hydrogen) atoms. The number of nitrogens with zero attached hydrogens (tertiary/aromatic N) is 1. The Kier molecular flexibility index (Phi) is 4.41. The molecule has 0 atom stereocenters. The Hall–Kier alpha value is -3.12. The third kappa shape index (κ3) is 3.19. The summed E-state index contributed by atoms with van der Waals surface area (Å²) >= 11 is 1.44. The number of methoxy groups -OCH3 is 1. The lowest BCUT2D eigenvalue weighted by atomic mass is 10.1. The van der Waals surface area contributed by atoms with E-state index in [-0.39, 0.29) is 5.91 Å². The molecule has 5 nitrogen and oxygen atoms in total. The molecule has 0 saturated heterocycles. The fourth-order valence-corrected chi connectivity index (χ4v) is 3.67. The molecule has 4 rings (SSSR count). The Labute approximate surface area is 154 Å². The van der Waals surface area contributed by atoms with E-state index < -0.39 is 0 Å². The largest absolute Gasteiger partial charge is 0.497 e. The maximum atomic E-state index is 12.5. The van der Waals surface area contributed by atoms with Crippen LogP contribution in [0.4, 0.5) is 0 Å². The zero-order chi connectivity index (χ0) is 17.9. The molecular formula is C20H17N3O2S. The summed E-state index contributed by atoms with van der Waals surface area (Å²) in [7, 11) is 1.63. The normalized spacial score (nSPS) is 10.8.